The number of likely N-dealkylation sites (N-methyl/N-ethyl adjacent to an activating group) is 1. The first-order valence-electron chi connectivity index (χ1n) is 12.6. The van der Waals surface area contributed by atoms with E-state index in [0.29, 0.717) is 11.0 Å². The molecule has 1 heterocycles. The Morgan fingerprint density at radius 1 is 0.774 bits per heavy atom. The molecular weight excluding hydrogens is 411 g/mol. The van der Waals surface area contributed by atoms with Gasteiger partial charge in [0, 0.05) is 0 Å². The van der Waals surface area contributed by atoms with Gasteiger partial charge in [0.1, 0.15) is 19.4 Å². The fourth-order valence-electron chi connectivity index (χ4n) is 3.77. The first-order chi connectivity index (χ1) is 15.0. The third-order valence-corrected chi connectivity index (χ3v) is 6.89. The lowest BCUT2D eigenvalue weighted by atomic mass is 10.0. The average molecular weight is 459 g/mol. The minimum Gasteiger partial charge on any atom is -0.756 e. The molecule has 7 heteroatoms. The average Bonchev–Trinajstić information content (AvgIpc) is 3.16. The maximum Gasteiger partial charge on any atom is 0.268 e. The third kappa shape index (κ3) is 16.7. The Hall–Kier alpha value is -0.520. The highest BCUT2D eigenvalue weighted by Gasteiger charge is 2.20. The lowest BCUT2D eigenvalue weighted by Crippen LogP contribution is -2.38. The standard InChI is InChI=1S/C24H47N2O4P/c1-3-4-5-6-7-8-9-10-11-12-13-14-15-16-17-18-22-29-31(27,28)30-23-21-26(2)20-19-25-24-26/h19-20,24H,3-18,21-23H2,1-2H3. The number of unbranched alkanes of at least 4 members (excludes halogenated alkanes) is 15. The molecule has 0 saturated heterocycles. The van der Waals surface area contributed by atoms with Crippen molar-refractivity contribution in [2.75, 3.05) is 26.8 Å². The van der Waals surface area contributed by atoms with Crippen LogP contribution in [0.1, 0.15) is 110 Å². The molecule has 0 aliphatic carbocycles. The molecule has 31 heavy (non-hydrogen) atoms. The molecule has 0 fully saturated rings. The van der Waals surface area contributed by atoms with Crippen LogP contribution in [0.3, 0.4) is 0 Å². The van der Waals surface area contributed by atoms with E-state index in [4.69, 9.17) is 9.05 Å². The van der Waals surface area contributed by atoms with Gasteiger partial charge in [0.15, 0.2) is 6.34 Å². The summed E-state index contributed by atoms with van der Waals surface area (Å²) in [5.74, 6) is 0. The summed E-state index contributed by atoms with van der Waals surface area (Å²) in [7, 11) is -2.26. The molecule has 0 N–H and O–H groups in total. The van der Waals surface area contributed by atoms with Crippen LogP contribution in [0.2, 0.25) is 0 Å². The van der Waals surface area contributed by atoms with E-state index in [1.165, 1.54) is 83.5 Å². The fourth-order valence-corrected chi connectivity index (χ4v) is 4.50. The van der Waals surface area contributed by atoms with Crippen LogP contribution >= 0.6 is 7.82 Å². The number of nitrogens with zero attached hydrogens (tertiary/aromatic N) is 2. The molecule has 0 saturated carbocycles. The van der Waals surface area contributed by atoms with Crippen LogP contribution < -0.4 is 4.89 Å². The fraction of sp³-hybridized carbons (Fsp3) is 0.875. The summed E-state index contributed by atoms with van der Waals surface area (Å²) in [6, 6.07) is 0. The summed E-state index contributed by atoms with van der Waals surface area (Å²) in [6.45, 7) is 3.08. The van der Waals surface area contributed by atoms with Crippen LogP contribution in [0.25, 0.3) is 0 Å². The molecule has 182 valence electrons. The van der Waals surface area contributed by atoms with Crippen molar-refractivity contribution in [3.05, 3.63) is 12.4 Å². The van der Waals surface area contributed by atoms with Gasteiger partial charge >= 0.3 is 0 Å². The molecule has 1 aliphatic rings. The number of hydrogen-bond acceptors (Lipinski definition) is 5. The minimum atomic E-state index is -4.20. The number of phosphoric acid groups is 1. The van der Waals surface area contributed by atoms with E-state index in [2.05, 4.69) is 11.9 Å². The van der Waals surface area contributed by atoms with Crippen LogP contribution in [0, 0.1) is 0 Å². The molecule has 6 nitrogen and oxygen atoms in total. The summed E-state index contributed by atoms with van der Waals surface area (Å²) in [6.07, 6.45) is 26.0. The molecule has 0 bridgehead atoms. The third-order valence-electron chi connectivity index (χ3n) is 5.89. The van der Waals surface area contributed by atoms with Crippen LogP contribution in [0.15, 0.2) is 17.4 Å². The van der Waals surface area contributed by atoms with Crippen molar-refractivity contribution < 1.29 is 23.0 Å². The molecular formula is C24H47N2O4P. The molecule has 0 amide bonds. The molecule has 2 unspecified atom stereocenters. The van der Waals surface area contributed by atoms with Crippen molar-refractivity contribution >= 4 is 14.2 Å². The lowest BCUT2D eigenvalue weighted by Gasteiger charge is -2.26. The predicted molar refractivity (Wildman–Crippen MR) is 128 cm³/mol. The van der Waals surface area contributed by atoms with Crippen molar-refractivity contribution in [1.29, 1.82) is 0 Å². The quantitative estimate of drug-likeness (QED) is 0.103. The van der Waals surface area contributed by atoms with E-state index < -0.39 is 7.82 Å². The monoisotopic (exact) mass is 458 g/mol. The summed E-state index contributed by atoms with van der Waals surface area (Å²) >= 11 is 0. The lowest BCUT2D eigenvalue weighted by molar-refractivity contribution is -0.756. The zero-order valence-corrected chi connectivity index (χ0v) is 21.0. The molecule has 0 aromatic heterocycles. The Bertz CT molecular complexity index is 528. The molecule has 0 spiro atoms. The summed E-state index contributed by atoms with van der Waals surface area (Å²) in [5, 5.41) is 0. The van der Waals surface area contributed by atoms with E-state index in [-0.39, 0.29) is 13.2 Å². The van der Waals surface area contributed by atoms with Gasteiger partial charge in [0.05, 0.1) is 19.9 Å². The van der Waals surface area contributed by atoms with Gasteiger partial charge in [-0.3, -0.25) is 9.05 Å². The summed E-state index contributed by atoms with van der Waals surface area (Å²) in [5.41, 5.74) is 0. The van der Waals surface area contributed by atoms with Gasteiger partial charge in [-0.15, -0.1) is 0 Å². The van der Waals surface area contributed by atoms with Gasteiger partial charge in [-0.05, 0) is 6.42 Å². The minimum absolute atomic E-state index is 0.0899. The van der Waals surface area contributed by atoms with E-state index >= 15 is 0 Å². The highest BCUT2D eigenvalue weighted by Crippen LogP contribution is 2.38. The zero-order chi connectivity index (χ0) is 22.7. The smallest absolute Gasteiger partial charge is 0.268 e. The van der Waals surface area contributed by atoms with E-state index in [1.54, 1.807) is 12.5 Å². The van der Waals surface area contributed by atoms with Crippen molar-refractivity contribution in [2.24, 2.45) is 4.99 Å². The molecule has 2 atom stereocenters. The first kappa shape index (κ1) is 28.5. The van der Waals surface area contributed by atoms with Crippen LogP contribution in [0.4, 0.5) is 0 Å². The van der Waals surface area contributed by atoms with E-state index in [1.807, 2.05) is 13.2 Å². The maximum atomic E-state index is 11.8. The molecule has 0 aromatic carbocycles. The number of aliphatic imine (C=N–C) groups is 1. The SMILES string of the molecule is CCCCCCCCCCCCCCCCCCOP(=O)([O-])OCC[N+]1(C)C=CN=C1. The Kier molecular flexibility index (Phi) is 16.5. The summed E-state index contributed by atoms with van der Waals surface area (Å²) < 4.78 is 22.2. The van der Waals surface area contributed by atoms with Gasteiger partial charge < -0.3 is 13.9 Å². The van der Waals surface area contributed by atoms with Crippen LogP contribution in [0.5, 0.6) is 0 Å². The van der Waals surface area contributed by atoms with Crippen molar-refractivity contribution in [3.63, 3.8) is 0 Å². The van der Waals surface area contributed by atoms with Crippen LogP contribution in [-0.4, -0.2) is 37.6 Å². The normalized spacial score (nSPS) is 19.8. The zero-order valence-electron chi connectivity index (χ0n) is 20.1. The number of rotatable bonds is 22. The van der Waals surface area contributed by atoms with Crippen molar-refractivity contribution in [3.8, 4) is 0 Å². The Balaban J connectivity index is 1.81. The Morgan fingerprint density at radius 2 is 1.23 bits per heavy atom. The first-order valence-corrected chi connectivity index (χ1v) is 14.1. The highest BCUT2D eigenvalue weighted by atomic mass is 31.2. The highest BCUT2D eigenvalue weighted by molar-refractivity contribution is 7.45. The second-order valence-corrected chi connectivity index (χ2v) is 10.5. The van der Waals surface area contributed by atoms with Crippen molar-refractivity contribution in [1.82, 2.24) is 0 Å². The number of hydrogen-bond donors (Lipinski definition) is 0. The van der Waals surface area contributed by atoms with Gasteiger partial charge in [0.2, 0.25) is 0 Å². The molecule has 0 aromatic rings. The van der Waals surface area contributed by atoms with Crippen molar-refractivity contribution in [2.45, 2.75) is 110 Å². The van der Waals surface area contributed by atoms with Crippen LogP contribution in [-0.2, 0) is 13.6 Å². The van der Waals surface area contributed by atoms with Gasteiger partial charge in [0.25, 0.3) is 7.82 Å². The van der Waals surface area contributed by atoms with Gasteiger partial charge in [-0.25, -0.2) is 4.99 Å². The predicted octanol–water partition coefficient (Wildman–Crippen LogP) is 6.71. The maximum absolute atomic E-state index is 11.8. The number of quaternary nitrogens is 1. The van der Waals surface area contributed by atoms with E-state index in [9.17, 15) is 9.46 Å². The summed E-state index contributed by atoms with van der Waals surface area (Å²) in [4.78, 5) is 15.8. The topological polar surface area (TPSA) is 71.0 Å². The van der Waals surface area contributed by atoms with E-state index in [0.717, 1.165) is 19.3 Å². The van der Waals surface area contributed by atoms with Gasteiger partial charge in [-0.1, -0.05) is 103 Å². The van der Waals surface area contributed by atoms with Gasteiger partial charge in [-0.2, -0.15) is 0 Å². The second kappa shape index (κ2) is 18.0. The second-order valence-electron chi connectivity index (χ2n) is 9.05. The largest absolute Gasteiger partial charge is 0.756 e. The molecule has 1 aliphatic heterocycles. The Morgan fingerprint density at radius 3 is 1.68 bits per heavy atom. The Labute approximate surface area is 191 Å². The number of phosphoric ester groups is 1. The molecule has 0 radical (unpaired) electrons. The molecule has 1 rings (SSSR count).